The molecule has 0 saturated heterocycles. The molecule has 0 aliphatic heterocycles. The van der Waals surface area contributed by atoms with Gasteiger partial charge in [-0.25, -0.2) is 4.98 Å². The minimum Gasteiger partial charge on any atom is -0.368 e. The maximum Gasteiger partial charge on any atom is 0.236 e. The summed E-state index contributed by atoms with van der Waals surface area (Å²) in [7, 11) is 0. The highest BCUT2D eigenvalue weighted by atomic mass is 35.5. The van der Waals surface area contributed by atoms with Crippen LogP contribution in [0.4, 0.5) is 11.8 Å². The zero-order valence-corrected chi connectivity index (χ0v) is 12.9. The normalized spacial score (nSPS) is 10.7. The van der Waals surface area contributed by atoms with Gasteiger partial charge in [0.05, 0.1) is 12.7 Å². The predicted octanol–water partition coefficient (Wildman–Crippen LogP) is 1.90. The lowest BCUT2D eigenvalue weighted by Gasteiger charge is -2.25. The van der Waals surface area contributed by atoms with E-state index in [0.29, 0.717) is 29.3 Å². The second kappa shape index (κ2) is 7.89. The molecule has 0 atom stereocenters. The minimum absolute atomic E-state index is 0.0854. The Morgan fingerprint density at radius 3 is 2.80 bits per heavy atom. The Bertz CT molecular complexity index is 452. The van der Waals surface area contributed by atoms with Gasteiger partial charge in [-0.15, -0.1) is 0 Å². The summed E-state index contributed by atoms with van der Waals surface area (Å²) in [5.41, 5.74) is 5.29. The van der Waals surface area contributed by atoms with E-state index in [4.69, 9.17) is 17.3 Å². The van der Waals surface area contributed by atoms with Crippen LogP contribution >= 0.6 is 11.6 Å². The second-order valence-corrected chi connectivity index (χ2v) is 5.44. The van der Waals surface area contributed by atoms with Crippen molar-refractivity contribution in [3.8, 4) is 0 Å². The number of nitrogens with two attached hydrogens (primary N) is 1. The van der Waals surface area contributed by atoms with Crippen LogP contribution in [0.1, 0.15) is 27.2 Å². The van der Waals surface area contributed by atoms with Crippen molar-refractivity contribution >= 4 is 29.3 Å². The van der Waals surface area contributed by atoms with E-state index in [9.17, 15) is 4.79 Å². The van der Waals surface area contributed by atoms with E-state index in [1.165, 1.54) is 6.20 Å². The summed E-state index contributed by atoms with van der Waals surface area (Å²) in [6, 6.07) is 0. The standard InChI is InChI=1S/C13H22ClN5O/c1-4-5-16-13-17-6-10(14)12(18-13)19(7-9(2)3)8-11(15)20/h6,9H,4-5,7-8H2,1-3H3,(H2,15,20)(H,16,17,18). The Morgan fingerprint density at radius 2 is 2.25 bits per heavy atom. The van der Waals surface area contributed by atoms with Crippen molar-refractivity contribution in [2.45, 2.75) is 27.2 Å². The molecule has 0 saturated carbocycles. The topological polar surface area (TPSA) is 84.1 Å². The fourth-order valence-corrected chi connectivity index (χ4v) is 1.97. The molecule has 1 heterocycles. The van der Waals surface area contributed by atoms with Crippen molar-refractivity contribution in [2.24, 2.45) is 11.7 Å². The van der Waals surface area contributed by atoms with Gasteiger partial charge in [-0.3, -0.25) is 4.79 Å². The van der Waals surface area contributed by atoms with Crippen LogP contribution in [-0.2, 0) is 4.79 Å². The molecular weight excluding hydrogens is 278 g/mol. The van der Waals surface area contributed by atoms with E-state index in [0.717, 1.165) is 13.0 Å². The summed E-state index contributed by atoms with van der Waals surface area (Å²) < 4.78 is 0. The van der Waals surface area contributed by atoms with Crippen molar-refractivity contribution in [3.63, 3.8) is 0 Å². The van der Waals surface area contributed by atoms with Crippen LogP contribution in [-0.4, -0.2) is 35.5 Å². The Balaban J connectivity index is 3.00. The lowest BCUT2D eigenvalue weighted by molar-refractivity contribution is -0.116. The summed E-state index contributed by atoms with van der Waals surface area (Å²) >= 11 is 6.15. The molecule has 7 heteroatoms. The van der Waals surface area contributed by atoms with E-state index < -0.39 is 5.91 Å². The third-order valence-electron chi connectivity index (χ3n) is 2.49. The van der Waals surface area contributed by atoms with Crippen LogP contribution in [0.5, 0.6) is 0 Å². The van der Waals surface area contributed by atoms with E-state index in [-0.39, 0.29) is 6.54 Å². The van der Waals surface area contributed by atoms with Gasteiger partial charge in [0.2, 0.25) is 11.9 Å². The number of primary amides is 1. The highest BCUT2D eigenvalue weighted by Gasteiger charge is 2.17. The van der Waals surface area contributed by atoms with Crippen molar-refractivity contribution in [1.82, 2.24) is 9.97 Å². The molecule has 6 nitrogen and oxygen atoms in total. The van der Waals surface area contributed by atoms with Gasteiger partial charge in [-0.1, -0.05) is 32.4 Å². The van der Waals surface area contributed by atoms with Crippen LogP contribution in [0.2, 0.25) is 5.02 Å². The number of carbonyl (C=O) groups is 1. The molecule has 1 aromatic heterocycles. The van der Waals surface area contributed by atoms with Crippen LogP contribution in [0, 0.1) is 5.92 Å². The van der Waals surface area contributed by atoms with E-state index in [1.54, 1.807) is 4.90 Å². The molecule has 112 valence electrons. The Hall–Kier alpha value is -1.56. The molecule has 1 aromatic rings. The highest BCUT2D eigenvalue weighted by Crippen LogP contribution is 2.24. The lowest BCUT2D eigenvalue weighted by atomic mass is 10.2. The molecule has 1 amide bonds. The maximum absolute atomic E-state index is 11.2. The van der Waals surface area contributed by atoms with Crippen molar-refractivity contribution in [3.05, 3.63) is 11.2 Å². The Labute approximate surface area is 124 Å². The minimum atomic E-state index is -0.414. The zero-order valence-electron chi connectivity index (χ0n) is 12.2. The van der Waals surface area contributed by atoms with Gasteiger partial charge in [0.15, 0.2) is 5.82 Å². The zero-order chi connectivity index (χ0) is 15.1. The summed E-state index contributed by atoms with van der Waals surface area (Å²) in [6.07, 6.45) is 2.51. The first-order valence-corrected chi connectivity index (χ1v) is 7.11. The van der Waals surface area contributed by atoms with E-state index in [1.807, 2.05) is 0 Å². The van der Waals surface area contributed by atoms with Crippen LogP contribution in [0.15, 0.2) is 6.20 Å². The quantitative estimate of drug-likeness (QED) is 0.766. The fourth-order valence-electron chi connectivity index (χ4n) is 1.76. The molecule has 0 aliphatic carbocycles. The Morgan fingerprint density at radius 1 is 1.55 bits per heavy atom. The SMILES string of the molecule is CCCNc1ncc(Cl)c(N(CC(N)=O)CC(C)C)n1. The first-order valence-electron chi connectivity index (χ1n) is 6.73. The van der Waals surface area contributed by atoms with Crippen molar-refractivity contribution in [1.29, 1.82) is 0 Å². The van der Waals surface area contributed by atoms with Crippen LogP contribution in [0.3, 0.4) is 0 Å². The molecule has 0 spiro atoms. The van der Waals surface area contributed by atoms with Gasteiger partial charge in [-0.05, 0) is 12.3 Å². The van der Waals surface area contributed by atoms with Crippen molar-refractivity contribution < 1.29 is 4.79 Å². The highest BCUT2D eigenvalue weighted by molar-refractivity contribution is 6.32. The van der Waals surface area contributed by atoms with Gasteiger partial charge in [-0.2, -0.15) is 4.98 Å². The monoisotopic (exact) mass is 299 g/mol. The largest absolute Gasteiger partial charge is 0.368 e. The summed E-state index contributed by atoms with van der Waals surface area (Å²) in [5.74, 6) is 0.980. The number of halogens is 1. The van der Waals surface area contributed by atoms with Crippen LogP contribution < -0.4 is 16.0 Å². The van der Waals surface area contributed by atoms with Crippen molar-refractivity contribution in [2.75, 3.05) is 29.9 Å². The van der Waals surface area contributed by atoms with Gasteiger partial charge < -0.3 is 16.0 Å². The third kappa shape index (κ3) is 5.21. The summed E-state index contributed by atoms with van der Waals surface area (Å²) in [5, 5.41) is 3.51. The van der Waals surface area contributed by atoms with Crippen LogP contribution in [0.25, 0.3) is 0 Å². The second-order valence-electron chi connectivity index (χ2n) is 5.03. The number of hydrogen-bond acceptors (Lipinski definition) is 5. The number of hydrogen-bond donors (Lipinski definition) is 2. The molecule has 1 rings (SSSR count). The number of rotatable bonds is 8. The molecule has 0 radical (unpaired) electrons. The number of nitrogens with zero attached hydrogens (tertiary/aromatic N) is 3. The summed E-state index contributed by atoms with van der Waals surface area (Å²) in [4.78, 5) is 21.5. The first kappa shape index (κ1) is 16.5. The smallest absolute Gasteiger partial charge is 0.236 e. The molecule has 0 fully saturated rings. The number of aromatic nitrogens is 2. The molecule has 3 N–H and O–H groups in total. The maximum atomic E-state index is 11.2. The molecule has 0 aromatic carbocycles. The first-order chi connectivity index (χ1) is 9.43. The number of amides is 1. The summed E-state index contributed by atoms with van der Waals surface area (Å²) in [6.45, 7) is 7.68. The molecule has 0 bridgehead atoms. The Kier molecular flexibility index (Phi) is 6.51. The number of nitrogens with one attached hydrogen (secondary N) is 1. The third-order valence-corrected chi connectivity index (χ3v) is 2.76. The average Bonchev–Trinajstić information content (AvgIpc) is 2.36. The van der Waals surface area contributed by atoms with Gasteiger partial charge >= 0.3 is 0 Å². The molecule has 0 unspecified atom stereocenters. The van der Waals surface area contributed by atoms with Gasteiger partial charge in [0.25, 0.3) is 0 Å². The lowest BCUT2D eigenvalue weighted by Crippen LogP contribution is -2.37. The fraction of sp³-hybridized carbons (Fsp3) is 0.615. The van der Waals surface area contributed by atoms with E-state index >= 15 is 0 Å². The van der Waals surface area contributed by atoms with Gasteiger partial charge in [0.1, 0.15) is 5.02 Å². The number of anilines is 2. The van der Waals surface area contributed by atoms with Gasteiger partial charge in [0, 0.05) is 13.1 Å². The molecule has 0 aliphatic rings. The predicted molar refractivity (Wildman–Crippen MR) is 82.1 cm³/mol. The number of carbonyl (C=O) groups excluding carboxylic acids is 1. The molecule has 20 heavy (non-hydrogen) atoms. The van der Waals surface area contributed by atoms with E-state index in [2.05, 4.69) is 36.1 Å². The molecular formula is C13H22ClN5O. The average molecular weight is 300 g/mol.